The van der Waals surface area contributed by atoms with Crippen LogP contribution in [-0.4, -0.2) is 36.5 Å². The first-order valence-electron chi connectivity index (χ1n) is 9.05. The quantitative estimate of drug-likeness (QED) is 0.731. The van der Waals surface area contributed by atoms with Crippen LogP contribution in [0.1, 0.15) is 62.9 Å². The summed E-state index contributed by atoms with van der Waals surface area (Å²) >= 11 is 0. The molecule has 6 nitrogen and oxygen atoms in total. The van der Waals surface area contributed by atoms with Crippen LogP contribution in [0.4, 0.5) is 0 Å². The average molecular weight is 360 g/mol. The highest BCUT2D eigenvalue weighted by Gasteiger charge is 2.27. The number of benzene rings is 1. The molecule has 1 aliphatic rings. The zero-order chi connectivity index (χ0) is 19.3. The number of amides is 2. The normalized spacial score (nSPS) is 15.1. The van der Waals surface area contributed by atoms with Gasteiger partial charge in [-0.2, -0.15) is 0 Å². The Morgan fingerprint density at radius 3 is 2.31 bits per heavy atom. The summed E-state index contributed by atoms with van der Waals surface area (Å²) in [7, 11) is 0. The number of carbonyl (C=O) groups excluding carboxylic acids is 3. The van der Waals surface area contributed by atoms with E-state index in [1.54, 1.807) is 19.1 Å². The molecule has 0 spiro atoms. The van der Waals surface area contributed by atoms with E-state index in [1.165, 1.54) is 0 Å². The molecule has 1 aliphatic carbocycles. The van der Waals surface area contributed by atoms with Gasteiger partial charge in [0, 0.05) is 18.2 Å². The van der Waals surface area contributed by atoms with Crippen molar-refractivity contribution in [3.8, 4) is 0 Å². The molecular weight excluding hydrogens is 332 g/mol. The Morgan fingerprint density at radius 1 is 1.15 bits per heavy atom. The van der Waals surface area contributed by atoms with Crippen LogP contribution in [0.15, 0.2) is 24.3 Å². The molecule has 1 aromatic carbocycles. The van der Waals surface area contributed by atoms with E-state index >= 15 is 0 Å². The van der Waals surface area contributed by atoms with Gasteiger partial charge >= 0.3 is 5.97 Å². The molecule has 6 heteroatoms. The predicted octanol–water partition coefficient (Wildman–Crippen LogP) is 2.31. The smallest absolute Gasteiger partial charge is 0.308 e. The van der Waals surface area contributed by atoms with E-state index in [1.807, 2.05) is 12.1 Å². The topological polar surface area (TPSA) is 84.5 Å². The lowest BCUT2D eigenvalue weighted by Crippen LogP contribution is -2.37. The maximum atomic E-state index is 12.1. The van der Waals surface area contributed by atoms with Crippen molar-refractivity contribution in [1.29, 1.82) is 0 Å². The lowest BCUT2D eigenvalue weighted by molar-refractivity contribution is -0.154. The zero-order valence-corrected chi connectivity index (χ0v) is 15.9. The zero-order valence-electron chi connectivity index (χ0n) is 15.9. The van der Waals surface area contributed by atoms with E-state index in [4.69, 9.17) is 4.74 Å². The van der Waals surface area contributed by atoms with Gasteiger partial charge in [0.2, 0.25) is 0 Å². The second kappa shape index (κ2) is 8.34. The van der Waals surface area contributed by atoms with Crippen molar-refractivity contribution in [2.24, 2.45) is 0 Å². The molecule has 1 atom stereocenters. The van der Waals surface area contributed by atoms with Crippen molar-refractivity contribution in [2.45, 2.75) is 64.5 Å². The molecule has 1 saturated carbocycles. The van der Waals surface area contributed by atoms with E-state index < -0.39 is 12.1 Å². The van der Waals surface area contributed by atoms with Crippen LogP contribution in [0, 0.1) is 0 Å². The Labute approximate surface area is 154 Å². The van der Waals surface area contributed by atoms with E-state index in [0.717, 1.165) is 18.4 Å². The third-order valence-electron chi connectivity index (χ3n) is 4.23. The number of ether oxygens (including phenoxy) is 1. The molecule has 0 saturated heterocycles. The minimum Gasteiger partial charge on any atom is -0.452 e. The van der Waals surface area contributed by atoms with Crippen LogP contribution < -0.4 is 10.6 Å². The highest BCUT2D eigenvalue weighted by atomic mass is 16.5. The van der Waals surface area contributed by atoms with Gasteiger partial charge in [-0.15, -0.1) is 0 Å². The summed E-state index contributed by atoms with van der Waals surface area (Å²) in [6.07, 6.45) is 1.17. The van der Waals surface area contributed by atoms with Crippen LogP contribution in [-0.2, 0) is 19.7 Å². The summed E-state index contributed by atoms with van der Waals surface area (Å²) in [5.74, 6) is -1.02. The van der Waals surface area contributed by atoms with Crippen LogP contribution in [0.3, 0.4) is 0 Å². The van der Waals surface area contributed by atoms with Gasteiger partial charge in [0.05, 0.1) is 6.42 Å². The maximum Gasteiger partial charge on any atom is 0.308 e. The monoisotopic (exact) mass is 360 g/mol. The molecule has 2 amide bonds. The highest BCUT2D eigenvalue weighted by molar-refractivity contribution is 5.94. The molecule has 1 fully saturated rings. The van der Waals surface area contributed by atoms with Crippen molar-refractivity contribution in [3.63, 3.8) is 0 Å². The molecule has 0 heterocycles. The first-order valence-corrected chi connectivity index (χ1v) is 9.05. The van der Waals surface area contributed by atoms with Crippen LogP contribution in [0.2, 0.25) is 0 Å². The van der Waals surface area contributed by atoms with E-state index in [0.29, 0.717) is 5.56 Å². The van der Waals surface area contributed by atoms with Crippen molar-refractivity contribution in [1.82, 2.24) is 10.6 Å². The van der Waals surface area contributed by atoms with Gasteiger partial charge in [-0.25, -0.2) is 0 Å². The van der Waals surface area contributed by atoms with Gasteiger partial charge in [-0.1, -0.05) is 32.9 Å². The second-order valence-corrected chi connectivity index (χ2v) is 7.75. The van der Waals surface area contributed by atoms with E-state index in [-0.39, 0.29) is 36.2 Å². The number of carbonyl (C=O) groups is 3. The van der Waals surface area contributed by atoms with Crippen molar-refractivity contribution in [2.75, 3.05) is 6.54 Å². The molecule has 0 aliphatic heterocycles. The van der Waals surface area contributed by atoms with Crippen LogP contribution >= 0.6 is 0 Å². The van der Waals surface area contributed by atoms with Gasteiger partial charge in [0.15, 0.2) is 6.10 Å². The Morgan fingerprint density at radius 2 is 1.77 bits per heavy atom. The summed E-state index contributed by atoms with van der Waals surface area (Å²) in [6.45, 7) is 8.04. The number of hydrogen-bond donors (Lipinski definition) is 2. The van der Waals surface area contributed by atoms with Crippen LogP contribution in [0.25, 0.3) is 0 Å². The number of hydrogen-bond acceptors (Lipinski definition) is 4. The molecule has 142 valence electrons. The summed E-state index contributed by atoms with van der Waals surface area (Å²) in [5.41, 5.74) is 1.72. The predicted molar refractivity (Wildman–Crippen MR) is 98.8 cm³/mol. The largest absolute Gasteiger partial charge is 0.452 e. The molecule has 2 N–H and O–H groups in total. The van der Waals surface area contributed by atoms with Gasteiger partial charge < -0.3 is 15.4 Å². The number of nitrogens with one attached hydrogen (secondary N) is 2. The van der Waals surface area contributed by atoms with Crippen LogP contribution in [0.5, 0.6) is 0 Å². The molecule has 2 rings (SSSR count). The number of esters is 1. The minimum atomic E-state index is -0.816. The first kappa shape index (κ1) is 19.9. The van der Waals surface area contributed by atoms with Gasteiger partial charge in [-0.3, -0.25) is 14.4 Å². The highest BCUT2D eigenvalue weighted by Crippen LogP contribution is 2.22. The van der Waals surface area contributed by atoms with Crippen molar-refractivity contribution in [3.05, 3.63) is 35.4 Å². The molecule has 1 aromatic rings. The molecule has 0 bridgehead atoms. The fourth-order valence-electron chi connectivity index (χ4n) is 2.36. The van der Waals surface area contributed by atoms with Gasteiger partial charge in [-0.05, 0) is 42.9 Å². The summed E-state index contributed by atoms with van der Waals surface area (Å²) in [6, 6.07) is 7.65. The lowest BCUT2D eigenvalue weighted by atomic mass is 9.87. The summed E-state index contributed by atoms with van der Waals surface area (Å²) in [4.78, 5) is 35.6. The Hall–Kier alpha value is -2.37. The molecule has 0 unspecified atom stereocenters. The van der Waals surface area contributed by atoms with Crippen molar-refractivity contribution < 1.29 is 19.1 Å². The molecule has 0 aromatic heterocycles. The fourth-order valence-corrected chi connectivity index (χ4v) is 2.36. The average Bonchev–Trinajstić information content (AvgIpc) is 3.37. The minimum absolute atomic E-state index is 0.0207. The van der Waals surface area contributed by atoms with Gasteiger partial charge in [0.25, 0.3) is 11.8 Å². The molecule has 0 radical (unpaired) electrons. The Kier molecular flexibility index (Phi) is 6.40. The lowest BCUT2D eigenvalue weighted by Gasteiger charge is -2.19. The first-order chi connectivity index (χ1) is 12.2. The third kappa shape index (κ3) is 6.17. The van der Waals surface area contributed by atoms with E-state index in [2.05, 4.69) is 31.4 Å². The van der Waals surface area contributed by atoms with E-state index in [9.17, 15) is 14.4 Å². The second-order valence-electron chi connectivity index (χ2n) is 7.75. The van der Waals surface area contributed by atoms with Gasteiger partial charge in [0.1, 0.15) is 0 Å². The van der Waals surface area contributed by atoms with Crippen molar-refractivity contribution >= 4 is 17.8 Å². The summed E-state index contributed by atoms with van der Waals surface area (Å²) in [5, 5.41) is 5.48. The Balaban J connectivity index is 1.71. The fraction of sp³-hybridized carbons (Fsp3) is 0.550. The standard InChI is InChI=1S/C20H28N2O4/c1-13(18(24)22-16-9-10-16)26-17(23)11-12-21-19(25)14-5-7-15(8-6-14)20(2,3)4/h5-8,13,16H,9-12H2,1-4H3,(H,21,25)(H,22,24)/t13-/m1/s1. The number of rotatable bonds is 7. The molecular formula is C20H28N2O4. The molecule has 26 heavy (non-hydrogen) atoms. The summed E-state index contributed by atoms with van der Waals surface area (Å²) < 4.78 is 5.08. The Bertz CT molecular complexity index is 657. The maximum absolute atomic E-state index is 12.1. The SMILES string of the molecule is C[C@@H](OC(=O)CCNC(=O)c1ccc(C(C)(C)C)cc1)C(=O)NC1CC1. The third-order valence-corrected chi connectivity index (χ3v) is 4.23.